The van der Waals surface area contributed by atoms with Gasteiger partial charge in [-0.3, -0.25) is 0 Å². The van der Waals surface area contributed by atoms with Gasteiger partial charge in [-0.15, -0.1) is 4.91 Å². The largest absolute Gasteiger partial charge is 0.394 e. The van der Waals surface area contributed by atoms with Crippen LogP contribution >= 0.6 is 0 Å². The molecule has 0 saturated carbocycles. The SMILES string of the molecule is C=CN(N=O)C(=O)NC1C(O)[C@H](O)C(CO)O[C@]1(C)O. The first kappa shape index (κ1) is 16.5. The second-order valence-electron chi connectivity index (χ2n) is 4.41. The Morgan fingerprint density at radius 1 is 1.55 bits per heavy atom. The van der Waals surface area contributed by atoms with E-state index in [2.05, 4.69) is 17.2 Å². The average Bonchev–Trinajstić information content (AvgIpc) is 2.40. The Bertz CT molecular complexity index is 381. The molecule has 2 amide bonds. The van der Waals surface area contributed by atoms with E-state index in [-0.39, 0.29) is 0 Å². The van der Waals surface area contributed by atoms with Crippen molar-refractivity contribution in [2.24, 2.45) is 5.29 Å². The number of hydrogen-bond donors (Lipinski definition) is 5. The summed E-state index contributed by atoms with van der Waals surface area (Å²) in [5.41, 5.74) is 0. The molecule has 114 valence electrons. The van der Waals surface area contributed by atoms with Crippen LogP contribution in [0.2, 0.25) is 0 Å². The fourth-order valence-corrected chi connectivity index (χ4v) is 1.90. The lowest BCUT2D eigenvalue weighted by molar-refractivity contribution is -0.309. The zero-order chi connectivity index (χ0) is 15.5. The number of amides is 2. The number of hydrogen-bond acceptors (Lipinski definition) is 8. The van der Waals surface area contributed by atoms with Crippen molar-refractivity contribution in [2.45, 2.75) is 37.1 Å². The van der Waals surface area contributed by atoms with Crippen molar-refractivity contribution in [1.29, 1.82) is 0 Å². The quantitative estimate of drug-likeness (QED) is 0.297. The molecule has 5 N–H and O–H groups in total. The summed E-state index contributed by atoms with van der Waals surface area (Å²) < 4.78 is 4.99. The lowest BCUT2D eigenvalue weighted by Crippen LogP contribution is -2.69. The van der Waals surface area contributed by atoms with Crippen LogP contribution in [0, 0.1) is 4.91 Å². The first-order chi connectivity index (χ1) is 9.28. The minimum absolute atomic E-state index is 0.299. The number of nitrogens with zero attached hydrogens (tertiary/aromatic N) is 2. The number of rotatable bonds is 4. The number of nitroso groups, excluding NO2 is 1. The third-order valence-corrected chi connectivity index (χ3v) is 2.97. The zero-order valence-electron chi connectivity index (χ0n) is 10.7. The fourth-order valence-electron chi connectivity index (χ4n) is 1.90. The number of nitrogens with one attached hydrogen (secondary N) is 1. The lowest BCUT2D eigenvalue weighted by atomic mass is 9.91. The summed E-state index contributed by atoms with van der Waals surface area (Å²) in [6, 6.07) is -2.52. The maximum Gasteiger partial charge on any atom is 0.345 e. The molecule has 0 aromatic rings. The molecular formula is C10H17N3O7. The Balaban J connectivity index is 2.89. The van der Waals surface area contributed by atoms with Crippen LogP contribution in [0.5, 0.6) is 0 Å². The van der Waals surface area contributed by atoms with Gasteiger partial charge in [0, 0.05) is 6.20 Å². The monoisotopic (exact) mass is 291 g/mol. The molecule has 0 spiro atoms. The molecule has 0 aromatic heterocycles. The van der Waals surface area contributed by atoms with Gasteiger partial charge in [-0.25, -0.2) is 4.79 Å². The number of carbonyl (C=O) groups excluding carboxylic acids is 1. The molecule has 1 fully saturated rings. The molecule has 0 aliphatic carbocycles. The molecule has 0 aromatic carbocycles. The molecule has 20 heavy (non-hydrogen) atoms. The number of aliphatic hydroxyl groups is 4. The van der Waals surface area contributed by atoms with Gasteiger partial charge in [-0.2, -0.15) is 5.01 Å². The van der Waals surface area contributed by atoms with E-state index in [4.69, 9.17) is 9.84 Å². The number of aliphatic hydroxyl groups excluding tert-OH is 3. The fraction of sp³-hybridized carbons (Fsp3) is 0.700. The zero-order valence-corrected chi connectivity index (χ0v) is 10.7. The van der Waals surface area contributed by atoms with Crippen LogP contribution in [0.4, 0.5) is 4.79 Å². The van der Waals surface area contributed by atoms with E-state index < -0.39 is 42.8 Å². The van der Waals surface area contributed by atoms with Crippen molar-refractivity contribution in [1.82, 2.24) is 10.3 Å². The van der Waals surface area contributed by atoms with E-state index >= 15 is 0 Å². The van der Waals surface area contributed by atoms with Crippen LogP contribution in [0.25, 0.3) is 0 Å². The number of ether oxygens (including phenoxy) is 1. The van der Waals surface area contributed by atoms with Crippen LogP contribution in [-0.2, 0) is 4.74 Å². The first-order valence-corrected chi connectivity index (χ1v) is 5.71. The van der Waals surface area contributed by atoms with E-state index in [1.165, 1.54) is 0 Å². The van der Waals surface area contributed by atoms with Gasteiger partial charge in [0.2, 0.25) is 0 Å². The van der Waals surface area contributed by atoms with Crippen LogP contribution < -0.4 is 5.32 Å². The van der Waals surface area contributed by atoms with E-state index in [0.29, 0.717) is 5.01 Å². The Morgan fingerprint density at radius 3 is 2.60 bits per heavy atom. The Morgan fingerprint density at radius 2 is 2.15 bits per heavy atom. The topological polar surface area (TPSA) is 152 Å². The van der Waals surface area contributed by atoms with Gasteiger partial charge >= 0.3 is 6.03 Å². The summed E-state index contributed by atoms with van der Waals surface area (Å²) >= 11 is 0. The van der Waals surface area contributed by atoms with Gasteiger partial charge in [0.25, 0.3) is 0 Å². The molecular weight excluding hydrogens is 274 g/mol. The van der Waals surface area contributed by atoms with Crippen LogP contribution in [0.3, 0.4) is 0 Å². The number of carbonyl (C=O) groups is 1. The van der Waals surface area contributed by atoms with E-state index in [9.17, 15) is 25.0 Å². The highest BCUT2D eigenvalue weighted by Crippen LogP contribution is 2.27. The van der Waals surface area contributed by atoms with Crippen LogP contribution in [0.1, 0.15) is 6.92 Å². The molecule has 1 saturated heterocycles. The third kappa shape index (κ3) is 3.11. The molecule has 1 rings (SSSR count). The van der Waals surface area contributed by atoms with Crippen molar-refractivity contribution < 1.29 is 30.0 Å². The van der Waals surface area contributed by atoms with Gasteiger partial charge in [-0.05, 0) is 6.92 Å². The summed E-state index contributed by atoms with van der Waals surface area (Å²) in [7, 11) is 0. The number of urea groups is 1. The van der Waals surface area contributed by atoms with Gasteiger partial charge in [0.05, 0.1) is 11.9 Å². The molecule has 0 radical (unpaired) electrons. The molecule has 5 atom stereocenters. The highest BCUT2D eigenvalue weighted by molar-refractivity contribution is 5.75. The Hall–Kier alpha value is -1.59. The summed E-state index contributed by atoms with van der Waals surface area (Å²) in [5.74, 6) is -2.07. The van der Waals surface area contributed by atoms with E-state index in [0.717, 1.165) is 13.1 Å². The highest BCUT2D eigenvalue weighted by Gasteiger charge is 2.51. The van der Waals surface area contributed by atoms with E-state index in [1.54, 1.807) is 0 Å². The lowest BCUT2D eigenvalue weighted by Gasteiger charge is -2.46. The van der Waals surface area contributed by atoms with Crippen molar-refractivity contribution in [2.75, 3.05) is 6.61 Å². The van der Waals surface area contributed by atoms with Crippen molar-refractivity contribution >= 4 is 6.03 Å². The van der Waals surface area contributed by atoms with Gasteiger partial charge in [0.15, 0.2) is 5.79 Å². The predicted octanol–water partition coefficient (Wildman–Crippen LogP) is -1.99. The molecule has 10 heteroatoms. The highest BCUT2D eigenvalue weighted by atomic mass is 16.6. The second-order valence-corrected chi connectivity index (χ2v) is 4.41. The summed E-state index contributed by atoms with van der Waals surface area (Å²) in [4.78, 5) is 21.9. The van der Waals surface area contributed by atoms with E-state index in [1.807, 2.05) is 0 Å². The minimum atomic E-state index is -2.07. The predicted molar refractivity (Wildman–Crippen MR) is 64.7 cm³/mol. The Labute approximate surface area is 114 Å². The molecule has 1 aliphatic heterocycles. The molecule has 1 heterocycles. The summed E-state index contributed by atoms with van der Waals surface area (Å²) in [5, 5.41) is 43.3. The minimum Gasteiger partial charge on any atom is -0.394 e. The van der Waals surface area contributed by atoms with Crippen molar-refractivity contribution in [3.05, 3.63) is 17.7 Å². The maximum atomic E-state index is 11.6. The maximum absolute atomic E-state index is 11.6. The average molecular weight is 291 g/mol. The Kier molecular flexibility index (Phi) is 5.14. The normalized spacial score (nSPS) is 37.0. The van der Waals surface area contributed by atoms with Gasteiger partial charge in [0.1, 0.15) is 24.4 Å². The standard InChI is InChI=1S/C10H17N3O7/c1-3-13(12-19)9(17)11-8-7(16)6(15)5(4-14)20-10(8,2)18/h3,5-8,14-16,18H,1,4H2,2H3,(H,11,17)/t5?,6-,7?,8?,10+/m1/s1. The van der Waals surface area contributed by atoms with Crippen molar-refractivity contribution in [3.63, 3.8) is 0 Å². The molecule has 3 unspecified atom stereocenters. The molecule has 0 bridgehead atoms. The van der Waals surface area contributed by atoms with Crippen LogP contribution in [0.15, 0.2) is 18.1 Å². The van der Waals surface area contributed by atoms with Gasteiger partial charge < -0.3 is 30.5 Å². The van der Waals surface area contributed by atoms with Crippen molar-refractivity contribution in [3.8, 4) is 0 Å². The molecule has 10 nitrogen and oxygen atoms in total. The summed E-state index contributed by atoms with van der Waals surface area (Å²) in [6.07, 6.45) is -3.56. The molecule has 1 aliphatic rings. The van der Waals surface area contributed by atoms with Gasteiger partial charge in [-0.1, -0.05) is 6.58 Å². The van der Waals surface area contributed by atoms with Crippen LogP contribution in [-0.4, -0.2) is 68.2 Å². The second kappa shape index (κ2) is 6.24. The third-order valence-electron chi connectivity index (χ3n) is 2.97. The summed E-state index contributed by atoms with van der Waals surface area (Å²) in [6.45, 7) is 3.67. The smallest absolute Gasteiger partial charge is 0.345 e. The first-order valence-electron chi connectivity index (χ1n) is 5.71.